The number of benzene rings is 1. The van der Waals surface area contributed by atoms with Crippen LogP contribution in [0.25, 0.3) is 0 Å². The van der Waals surface area contributed by atoms with E-state index in [9.17, 15) is 8.42 Å². The Hall–Kier alpha value is -0.0400. The van der Waals surface area contributed by atoms with E-state index in [4.69, 9.17) is 23.2 Å². The topological polar surface area (TPSA) is 58.2 Å². The molecule has 0 aliphatic carbocycles. The summed E-state index contributed by atoms with van der Waals surface area (Å²) in [6, 6.07) is 4.81. The van der Waals surface area contributed by atoms with Gasteiger partial charge < -0.3 is 5.32 Å². The Balaban J connectivity index is 0.00000200. The Morgan fingerprint density at radius 3 is 2.75 bits per heavy atom. The van der Waals surface area contributed by atoms with Gasteiger partial charge in [0.25, 0.3) is 0 Å². The fourth-order valence-corrected chi connectivity index (χ4v) is 3.94. The molecule has 1 aromatic rings. The minimum absolute atomic E-state index is 0. The summed E-state index contributed by atoms with van der Waals surface area (Å²) in [5.41, 5.74) is 0. The molecule has 1 aromatic carbocycles. The molecule has 1 fully saturated rings. The highest BCUT2D eigenvalue weighted by Gasteiger charge is 2.19. The minimum Gasteiger partial charge on any atom is -0.314 e. The maximum atomic E-state index is 12.1. The van der Waals surface area contributed by atoms with Gasteiger partial charge >= 0.3 is 0 Å². The number of sulfonamides is 1. The first kappa shape index (κ1) is 18.0. The van der Waals surface area contributed by atoms with Gasteiger partial charge in [0, 0.05) is 17.6 Å². The van der Waals surface area contributed by atoms with Crippen LogP contribution in [0.4, 0.5) is 0 Å². The number of rotatable bonds is 5. The van der Waals surface area contributed by atoms with Crippen molar-refractivity contribution in [2.24, 2.45) is 0 Å². The average Bonchev–Trinajstić information content (AvgIpc) is 2.85. The second-order valence-electron chi connectivity index (χ2n) is 4.55. The maximum absolute atomic E-state index is 12.1. The normalized spacial score (nSPS) is 18.8. The third kappa shape index (κ3) is 4.76. The van der Waals surface area contributed by atoms with Crippen LogP contribution in [0.1, 0.15) is 19.3 Å². The summed E-state index contributed by atoms with van der Waals surface area (Å²) in [6.07, 6.45) is 3.02. The molecule has 1 aliphatic rings. The van der Waals surface area contributed by atoms with Gasteiger partial charge in [-0.05, 0) is 44.0 Å². The first-order valence-electron chi connectivity index (χ1n) is 6.17. The van der Waals surface area contributed by atoms with Crippen molar-refractivity contribution < 1.29 is 8.42 Å². The molecule has 20 heavy (non-hydrogen) atoms. The molecular formula is C12H17Cl3N2O2S. The van der Waals surface area contributed by atoms with E-state index in [1.807, 2.05) is 0 Å². The molecule has 0 saturated carbocycles. The van der Waals surface area contributed by atoms with Crippen molar-refractivity contribution in [3.8, 4) is 0 Å². The van der Waals surface area contributed by atoms with E-state index >= 15 is 0 Å². The number of halogens is 3. The van der Waals surface area contributed by atoms with Gasteiger partial charge in [-0.2, -0.15) is 0 Å². The van der Waals surface area contributed by atoms with E-state index in [2.05, 4.69) is 10.0 Å². The summed E-state index contributed by atoms with van der Waals surface area (Å²) in [5, 5.41) is 3.85. The quantitative estimate of drug-likeness (QED) is 0.850. The standard InChI is InChI=1S/C12H16Cl2N2O2S.ClH/c13-9-3-4-11(14)12(8-9)19(17,18)16-7-5-10-2-1-6-15-10;/h3-4,8,10,15-16H,1-2,5-7H2;1H/t10-;/m1./s1. The van der Waals surface area contributed by atoms with E-state index in [0.717, 1.165) is 25.8 Å². The van der Waals surface area contributed by atoms with E-state index in [-0.39, 0.29) is 22.3 Å². The zero-order valence-corrected chi connectivity index (χ0v) is 13.9. The highest BCUT2D eigenvalue weighted by atomic mass is 35.5. The molecule has 2 N–H and O–H groups in total. The minimum atomic E-state index is -3.60. The fourth-order valence-electron chi connectivity index (χ4n) is 2.13. The third-order valence-corrected chi connectivity index (χ3v) is 5.31. The molecule has 114 valence electrons. The van der Waals surface area contributed by atoms with Crippen LogP contribution in [0.5, 0.6) is 0 Å². The van der Waals surface area contributed by atoms with Crippen molar-refractivity contribution in [3.63, 3.8) is 0 Å². The lowest BCUT2D eigenvalue weighted by Crippen LogP contribution is -2.30. The van der Waals surface area contributed by atoms with Crippen molar-refractivity contribution in [2.45, 2.75) is 30.2 Å². The first-order valence-corrected chi connectivity index (χ1v) is 8.41. The predicted molar refractivity (Wildman–Crippen MR) is 84.5 cm³/mol. The Labute approximate surface area is 135 Å². The largest absolute Gasteiger partial charge is 0.314 e. The molecule has 0 amide bonds. The Morgan fingerprint density at radius 1 is 1.35 bits per heavy atom. The van der Waals surface area contributed by atoms with E-state index in [0.29, 0.717) is 17.6 Å². The Morgan fingerprint density at radius 2 is 2.10 bits per heavy atom. The van der Waals surface area contributed by atoms with Crippen molar-refractivity contribution in [1.82, 2.24) is 10.0 Å². The van der Waals surface area contributed by atoms with Gasteiger partial charge in [-0.1, -0.05) is 23.2 Å². The molecule has 1 saturated heterocycles. The zero-order valence-electron chi connectivity index (χ0n) is 10.7. The van der Waals surface area contributed by atoms with E-state index in [1.165, 1.54) is 12.1 Å². The lowest BCUT2D eigenvalue weighted by molar-refractivity contribution is 0.539. The molecule has 0 radical (unpaired) electrons. The number of nitrogens with one attached hydrogen (secondary N) is 2. The summed E-state index contributed by atoms with van der Waals surface area (Å²) in [5.74, 6) is 0. The fraction of sp³-hybridized carbons (Fsp3) is 0.500. The van der Waals surface area contributed by atoms with Gasteiger partial charge in [0.15, 0.2) is 0 Å². The maximum Gasteiger partial charge on any atom is 0.242 e. The van der Waals surface area contributed by atoms with Crippen molar-refractivity contribution in [1.29, 1.82) is 0 Å². The van der Waals surface area contributed by atoms with Crippen LogP contribution in [0.2, 0.25) is 10.0 Å². The second-order valence-corrected chi connectivity index (χ2v) is 7.13. The highest BCUT2D eigenvalue weighted by molar-refractivity contribution is 7.89. The monoisotopic (exact) mass is 358 g/mol. The van der Waals surface area contributed by atoms with Crippen LogP contribution >= 0.6 is 35.6 Å². The molecule has 1 atom stereocenters. The molecule has 8 heteroatoms. The summed E-state index contributed by atoms with van der Waals surface area (Å²) in [6.45, 7) is 1.40. The van der Waals surface area contributed by atoms with Crippen LogP contribution < -0.4 is 10.0 Å². The summed E-state index contributed by atoms with van der Waals surface area (Å²) in [4.78, 5) is 0.0287. The van der Waals surface area contributed by atoms with Gasteiger partial charge in [-0.15, -0.1) is 12.4 Å². The van der Waals surface area contributed by atoms with E-state index < -0.39 is 10.0 Å². The molecular weight excluding hydrogens is 343 g/mol. The Kier molecular flexibility index (Phi) is 7.04. The van der Waals surface area contributed by atoms with Crippen molar-refractivity contribution in [2.75, 3.05) is 13.1 Å². The van der Waals surface area contributed by atoms with Gasteiger partial charge in [-0.3, -0.25) is 0 Å². The zero-order chi connectivity index (χ0) is 13.9. The third-order valence-electron chi connectivity index (χ3n) is 3.13. The number of hydrogen-bond donors (Lipinski definition) is 2. The molecule has 0 bridgehead atoms. The smallest absolute Gasteiger partial charge is 0.242 e. The van der Waals surface area contributed by atoms with Gasteiger partial charge in [0.2, 0.25) is 10.0 Å². The Bertz CT molecular complexity index is 546. The number of hydrogen-bond acceptors (Lipinski definition) is 3. The highest BCUT2D eigenvalue weighted by Crippen LogP contribution is 2.24. The lowest BCUT2D eigenvalue weighted by Gasteiger charge is -2.12. The first-order chi connectivity index (χ1) is 8.99. The molecule has 4 nitrogen and oxygen atoms in total. The molecule has 1 aliphatic heterocycles. The van der Waals surface area contributed by atoms with Crippen LogP contribution in [0.3, 0.4) is 0 Å². The van der Waals surface area contributed by atoms with Crippen molar-refractivity contribution >= 4 is 45.6 Å². The SMILES string of the molecule is Cl.O=S(=O)(NCC[C@H]1CCCN1)c1cc(Cl)ccc1Cl. The second kappa shape index (κ2) is 7.82. The molecule has 0 unspecified atom stereocenters. The molecule has 0 spiro atoms. The summed E-state index contributed by atoms with van der Waals surface area (Å²) in [7, 11) is -3.60. The lowest BCUT2D eigenvalue weighted by atomic mass is 10.2. The van der Waals surface area contributed by atoms with Gasteiger partial charge in [0.1, 0.15) is 4.90 Å². The van der Waals surface area contributed by atoms with Crippen LogP contribution in [-0.2, 0) is 10.0 Å². The predicted octanol–water partition coefficient (Wildman–Crippen LogP) is 2.84. The summed E-state index contributed by atoms with van der Waals surface area (Å²) >= 11 is 11.7. The van der Waals surface area contributed by atoms with Gasteiger partial charge in [0.05, 0.1) is 5.02 Å². The van der Waals surface area contributed by atoms with Crippen LogP contribution in [0.15, 0.2) is 23.1 Å². The molecule has 2 rings (SSSR count). The van der Waals surface area contributed by atoms with Crippen molar-refractivity contribution in [3.05, 3.63) is 28.2 Å². The van der Waals surface area contributed by atoms with Crippen LogP contribution in [-0.4, -0.2) is 27.5 Å². The molecule has 1 heterocycles. The van der Waals surface area contributed by atoms with Gasteiger partial charge in [-0.25, -0.2) is 13.1 Å². The average molecular weight is 360 g/mol. The molecule has 0 aromatic heterocycles. The summed E-state index contributed by atoms with van der Waals surface area (Å²) < 4.78 is 26.8. The van der Waals surface area contributed by atoms with Crippen LogP contribution in [0, 0.1) is 0 Å². The van der Waals surface area contributed by atoms with E-state index in [1.54, 1.807) is 6.07 Å².